The van der Waals surface area contributed by atoms with Gasteiger partial charge in [0.15, 0.2) is 0 Å². The van der Waals surface area contributed by atoms with Gasteiger partial charge in [-0.25, -0.2) is 4.79 Å². The van der Waals surface area contributed by atoms with Crippen molar-refractivity contribution in [2.75, 3.05) is 0 Å². The summed E-state index contributed by atoms with van der Waals surface area (Å²) in [5.74, 6) is -0.764. The van der Waals surface area contributed by atoms with E-state index >= 15 is 0 Å². The van der Waals surface area contributed by atoms with Crippen molar-refractivity contribution < 1.29 is 14.3 Å². The molecule has 2 aromatic rings. The van der Waals surface area contributed by atoms with E-state index < -0.39 is 12.0 Å². The van der Waals surface area contributed by atoms with E-state index in [0.717, 1.165) is 5.56 Å². The first-order valence-electron chi connectivity index (χ1n) is 7.76. The van der Waals surface area contributed by atoms with Crippen LogP contribution in [0.1, 0.15) is 29.8 Å². The topological polar surface area (TPSA) is 55.4 Å². The van der Waals surface area contributed by atoms with Crippen molar-refractivity contribution in [3.63, 3.8) is 0 Å². The largest absolute Gasteiger partial charge is 0.461 e. The number of hydrogen-bond acceptors (Lipinski definition) is 3. The van der Waals surface area contributed by atoms with Crippen LogP contribution in [0.3, 0.4) is 0 Å². The third kappa shape index (κ3) is 5.39. The van der Waals surface area contributed by atoms with E-state index in [0.29, 0.717) is 17.0 Å². The molecule has 2 rings (SSSR count). The van der Waals surface area contributed by atoms with Crippen LogP contribution in [0, 0.1) is 0 Å². The van der Waals surface area contributed by atoms with Gasteiger partial charge in [-0.2, -0.15) is 0 Å². The first kappa shape index (κ1) is 18.0. The van der Waals surface area contributed by atoms with Gasteiger partial charge in [-0.15, -0.1) is 0 Å². The Bertz CT molecular complexity index is 684. The van der Waals surface area contributed by atoms with Crippen LogP contribution in [-0.4, -0.2) is 24.0 Å². The van der Waals surface area contributed by atoms with Crippen LogP contribution in [0.5, 0.6) is 0 Å². The van der Waals surface area contributed by atoms with Crippen LogP contribution in [0.2, 0.25) is 5.02 Å². The van der Waals surface area contributed by atoms with Crippen molar-refractivity contribution in [2.24, 2.45) is 0 Å². The molecule has 0 fully saturated rings. The number of carbonyl (C=O) groups excluding carboxylic acids is 2. The zero-order chi connectivity index (χ0) is 17.5. The van der Waals surface area contributed by atoms with Crippen LogP contribution < -0.4 is 5.32 Å². The second-order valence-corrected chi connectivity index (χ2v) is 6.14. The maximum absolute atomic E-state index is 12.3. The fraction of sp³-hybridized carbons (Fsp3) is 0.263. The van der Waals surface area contributed by atoms with Crippen LogP contribution in [0.25, 0.3) is 0 Å². The van der Waals surface area contributed by atoms with E-state index in [-0.39, 0.29) is 12.0 Å². The molecule has 24 heavy (non-hydrogen) atoms. The predicted molar refractivity (Wildman–Crippen MR) is 94.1 cm³/mol. The molecule has 126 valence electrons. The van der Waals surface area contributed by atoms with E-state index in [2.05, 4.69) is 5.32 Å². The van der Waals surface area contributed by atoms with Crippen LogP contribution >= 0.6 is 11.6 Å². The van der Waals surface area contributed by atoms with E-state index in [1.807, 2.05) is 18.2 Å². The molecule has 2 aromatic carbocycles. The van der Waals surface area contributed by atoms with Gasteiger partial charge in [-0.1, -0.05) is 41.9 Å². The molecule has 1 N–H and O–H groups in total. The summed E-state index contributed by atoms with van der Waals surface area (Å²) in [5, 5.41) is 3.37. The molecule has 0 spiro atoms. The van der Waals surface area contributed by atoms with E-state index in [4.69, 9.17) is 16.3 Å². The van der Waals surface area contributed by atoms with Gasteiger partial charge in [0, 0.05) is 17.0 Å². The highest BCUT2D eigenvalue weighted by atomic mass is 35.5. The maximum atomic E-state index is 12.3. The zero-order valence-corrected chi connectivity index (χ0v) is 14.4. The zero-order valence-electron chi connectivity index (χ0n) is 13.7. The Balaban J connectivity index is 2.14. The first-order chi connectivity index (χ1) is 11.5. The number of rotatable bonds is 6. The minimum Gasteiger partial charge on any atom is -0.461 e. The third-order valence-electron chi connectivity index (χ3n) is 3.33. The molecule has 0 aromatic heterocycles. The molecule has 0 saturated carbocycles. The molecule has 0 heterocycles. The van der Waals surface area contributed by atoms with Crippen molar-refractivity contribution in [3.8, 4) is 0 Å². The molecule has 0 aliphatic carbocycles. The Morgan fingerprint density at radius 2 is 1.67 bits per heavy atom. The summed E-state index contributed by atoms with van der Waals surface area (Å²) >= 11 is 5.88. The van der Waals surface area contributed by atoms with Gasteiger partial charge in [0.1, 0.15) is 6.04 Å². The Hall–Kier alpha value is -2.33. The summed E-state index contributed by atoms with van der Waals surface area (Å²) in [7, 11) is 0. The molecule has 4 nitrogen and oxygen atoms in total. The van der Waals surface area contributed by atoms with Crippen molar-refractivity contribution in [1.29, 1.82) is 0 Å². The van der Waals surface area contributed by atoms with E-state index in [1.165, 1.54) is 0 Å². The Morgan fingerprint density at radius 3 is 2.25 bits per heavy atom. The molecular weight excluding hydrogens is 326 g/mol. The third-order valence-corrected chi connectivity index (χ3v) is 3.58. The SMILES string of the molecule is CC(C)OC(=O)[C@H](Cc1ccc(Cl)cc1)NC(=O)c1ccccc1. The Labute approximate surface area is 146 Å². The lowest BCUT2D eigenvalue weighted by Gasteiger charge is -2.19. The maximum Gasteiger partial charge on any atom is 0.329 e. The van der Waals surface area contributed by atoms with Gasteiger partial charge in [-0.3, -0.25) is 4.79 Å². The lowest BCUT2D eigenvalue weighted by atomic mass is 10.1. The number of ether oxygens (including phenoxy) is 1. The number of halogens is 1. The van der Waals surface area contributed by atoms with Gasteiger partial charge < -0.3 is 10.1 Å². The highest BCUT2D eigenvalue weighted by molar-refractivity contribution is 6.30. The molecule has 1 amide bonds. The summed E-state index contributed by atoms with van der Waals surface area (Å²) in [6, 6.07) is 15.2. The molecule has 0 saturated heterocycles. The smallest absolute Gasteiger partial charge is 0.329 e. The summed E-state index contributed by atoms with van der Waals surface area (Å²) in [5.41, 5.74) is 1.38. The molecule has 5 heteroatoms. The van der Waals surface area contributed by atoms with Crippen molar-refractivity contribution in [3.05, 3.63) is 70.7 Å². The molecule has 0 aliphatic heterocycles. The number of nitrogens with one attached hydrogen (secondary N) is 1. The lowest BCUT2D eigenvalue weighted by molar-refractivity contribution is -0.149. The molecule has 0 unspecified atom stereocenters. The van der Waals surface area contributed by atoms with Gasteiger partial charge in [0.25, 0.3) is 5.91 Å². The molecule has 0 bridgehead atoms. The second kappa shape index (κ2) is 8.50. The quantitative estimate of drug-likeness (QED) is 0.813. The van der Waals surface area contributed by atoms with Crippen LogP contribution in [0.4, 0.5) is 0 Å². The van der Waals surface area contributed by atoms with Gasteiger partial charge >= 0.3 is 5.97 Å². The number of esters is 1. The minimum atomic E-state index is -0.763. The van der Waals surface area contributed by atoms with Crippen LogP contribution in [0.15, 0.2) is 54.6 Å². The summed E-state index contributed by atoms with van der Waals surface area (Å²) in [6.45, 7) is 3.55. The average molecular weight is 346 g/mol. The highest BCUT2D eigenvalue weighted by Crippen LogP contribution is 2.12. The average Bonchev–Trinajstić information content (AvgIpc) is 2.56. The lowest BCUT2D eigenvalue weighted by Crippen LogP contribution is -2.44. The van der Waals surface area contributed by atoms with Gasteiger partial charge in [0.2, 0.25) is 0 Å². The number of amides is 1. The number of carbonyl (C=O) groups is 2. The molecular formula is C19H20ClNO3. The van der Waals surface area contributed by atoms with E-state index in [1.54, 1.807) is 50.2 Å². The minimum absolute atomic E-state index is 0.251. The number of hydrogen-bond donors (Lipinski definition) is 1. The molecule has 1 atom stereocenters. The Kier molecular flexibility index (Phi) is 6.38. The second-order valence-electron chi connectivity index (χ2n) is 5.71. The van der Waals surface area contributed by atoms with Crippen molar-refractivity contribution in [1.82, 2.24) is 5.32 Å². The molecule has 0 radical (unpaired) electrons. The normalized spacial score (nSPS) is 11.8. The summed E-state index contributed by atoms with van der Waals surface area (Å²) in [6.07, 6.45) is 0.0835. The van der Waals surface area contributed by atoms with Crippen molar-refractivity contribution >= 4 is 23.5 Å². The summed E-state index contributed by atoms with van der Waals surface area (Å²) in [4.78, 5) is 24.7. The fourth-order valence-corrected chi connectivity index (χ4v) is 2.32. The van der Waals surface area contributed by atoms with Crippen LogP contribution in [-0.2, 0) is 16.0 Å². The molecule has 0 aliphatic rings. The predicted octanol–water partition coefficient (Wildman–Crippen LogP) is 3.63. The van der Waals surface area contributed by atoms with Gasteiger partial charge in [-0.05, 0) is 43.7 Å². The standard InChI is InChI=1S/C19H20ClNO3/c1-13(2)24-19(23)17(12-14-8-10-16(20)11-9-14)21-18(22)15-6-4-3-5-7-15/h3-11,13,17H,12H2,1-2H3,(H,21,22)/t17-/m0/s1. The highest BCUT2D eigenvalue weighted by Gasteiger charge is 2.24. The summed E-state index contributed by atoms with van der Waals surface area (Å²) < 4.78 is 5.27. The van der Waals surface area contributed by atoms with E-state index in [9.17, 15) is 9.59 Å². The monoisotopic (exact) mass is 345 g/mol. The Morgan fingerprint density at radius 1 is 1.04 bits per heavy atom. The fourth-order valence-electron chi connectivity index (χ4n) is 2.20. The number of benzene rings is 2. The first-order valence-corrected chi connectivity index (χ1v) is 8.14. The van der Waals surface area contributed by atoms with Gasteiger partial charge in [0.05, 0.1) is 6.10 Å². The van der Waals surface area contributed by atoms with Crippen molar-refractivity contribution in [2.45, 2.75) is 32.4 Å².